The van der Waals surface area contributed by atoms with Gasteiger partial charge in [-0.25, -0.2) is 4.79 Å². The molecule has 6 aromatic rings. The molecule has 4 amide bonds. The Morgan fingerprint density at radius 3 is 1.73 bits per heavy atom. The van der Waals surface area contributed by atoms with Crippen molar-refractivity contribution in [2.24, 2.45) is 0 Å². The van der Waals surface area contributed by atoms with Gasteiger partial charge in [0.2, 0.25) is 17.7 Å². The first-order valence-electron chi connectivity index (χ1n) is 20.5. The van der Waals surface area contributed by atoms with E-state index in [-0.39, 0.29) is 25.7 Å². The summed E-state index contributed by atoms with van der Waals surface area (Å²) < 4.78 is 5.76. The van der Waals surface area contributed by atoms with Crippen LogP contribution in [0, 0.1) is 0 Å². The number of aliphatic carboxylic acids is 1. The standard InChI is InChI=1S/C50H47N5O7/c56-46-32-62-40-25-18-36(19-26-40)31-45(50(60)61)55-47(57)42(27-20-33-9-3-1-4-10-33)53-49(59)44(30-34-14-21-38(22-15-34)37-11-5-2-6-12-37)54-48(58)43(52-46)29-35-16-23-39(24-17-35)41-13-7-8-28-51-41/h1-19,21-26,28,42-45H,20,27,29-32H2,(H,52,56)(H,53,59)(H,54,58)(H,55,57)(H,60,61)/t42-,43-,44+,45-/m0/s1. The normalized spacial score (nSPS) is 18.7. The fraction of sp³-hybridized carbons (Fsp3) is 0.200. The molecule has 1 aromatic heterocycles. The lowest BCUT2D eigenvalue weighted by Crippen LogP contribution is -2.59. The highest BCUT2D eigenvalue weighted by Crippen LogP contribution is 2.21. The van der Waals surface area contributed by atoms with Crippen molar-refractivity contribution >= 4 is 29.6 Å². The van der Waals surface area contributed by atoms with Crippen LogP contribution in [0.25, 0.3) is 22.4 Å². The molecule has 2 aliphatic rings. The highest BCUT2D eigenvalue weighted by atomic mass is 16.5. The molecule has 12 heteroatoms. The Hall–Kier alpha value is -7.60. The molecular weight excluding hydrogens is 783 g/mol. The summed E-state index contributed by atoms with van der Waals surface area (Å²) in [7, 11) is 0. The number of nitrogens with zero attached hydrogens (tertiary/aromatic N) is 1. The highest BCUT2D eigenvalue weighted by molar-refractivity contribution is 5.95. The van der Waals surface area contributed by atoms with Gasteiger partial charge in [0.05, 0.1) is 5.69 Å². The van der Waals surface area contributed by atoms with Gasteiger partial charge in [0.1, 0.15) is 29.9 Å². The van der Waals surface area contributed by atoms with Crippen molar-refractivity contribution in [2.45, 2.75) is 56.3 Å². The smallest absolute Gasteiger partial charge is 0.326 e. The monoisotopic (exact) mass is 829 g/mol. The Morgan fingerprint density at radius 1 is 0.565 bits per heavy atom. The quantitative estimate of drug-likeness (QED) is 0.113. The summed E-state index contributed by atoms with van der Waals surface area (Å²) in [5.41, 5.74) is 6.60. The molecule has 0 unspecified atom stereocenters. The van der Waals surface area contributed by atoms with Crippen molar-refractivity contribution in [1.82, 2.24) is 26.3 Å². The van der Waals surface area contributed by atoms with E-state index in [1.165, 1.54) is 0 Å². The molecule has 0 spiro atoms. The Balaban J connectivity index is 1.21. The van der Waals surface area contributed by atoms with Crippen LogP contribution in [0.1, 0.15) is 28.7 Å². The lowest BCUT2D eigenvalue weighted by Gasteiger charge is -2.26. The lowest BCUT2D eigenvalue weighted by molar-refractivity contribution is -0.142. The predicted octanol–water partition coefficient (Wildman–Crippen LogP) is 5.49. The summed E-state index contributed by atoms with van der Waals surface area (Å²) in [5, 5.41) is 21.4. The number of amides is 4. The summed E-state index contributed by atoms with van der Waals surface area (Å²) in [4.78, 5) is 73.4. The number of aryl methyl sites for hydroxylation is 1. The number of carbonyl (C=O) groups is 5. The van der Waals surface area contributed by atoms with E-state index in [9.17, 15) is 29.1 Å². The van der Waals surface area contributed by atoms with E-state index in [4.69, 9.17) is 4.74 Å². The van der Waals surface area contributed by atoms with Crippen molar-refractivity contribution in [1.29, 1.82) is 0 Å². The van der Waals surface area contributed by atoms with Gasteiger partial charge >= 0.3 is 5.97 Å². The van der Waals surface area contributed by atoms with Crippen LogP contribution in [-0.4, -0.2) is 70.5 Å². The van der Waals surface area contributed by atoms with Crippen LogP contribution >= 0.6 is 0 Å². The SMILES string of the molecule is O=C1COc2ccc(cc2)C[C@@H](C(=O)O)NC(=O)[C@H](CCc2ccccc2)NC(=O)[C@@H](Cc2ccc(-c3ccccc3)cc2)NC(=O)[C@H](Cc2ccc(-c3ccccn3)cc2)N1. The Morgan fingerprint density at radius 2 is 1.11 bits per heavy atom. The van der Waals surface area contributed by atoms with E-state index >= 15 is 0 Å². The second-order valence-corrected chi connectivity index (χ2v) is 15.2. The minimum atomic E-state index is -1.32. The topological polar surface area (TPSA) is 176 Å². The van der Waals surface area contributed by atoms with Crippen molar-refractivity contribution in [3.8, 4) is 28.1 Å². The van der Waals surface area contributed by atoms with E-state index in [0.29, 0.717) is 17.7 Å². The Bertz CT molecular complexity index is 2450. The third-order valence-electron chi connectivity index (χ3n) is 10.7. The van der Waals surface area contributed by atoms with Crippen LogP contribution in [-0.2, 0) is 49.7 Å². The first-order valence-corrected chi connectivity index (χ1v) is 20.5. The molecule has 2 bridgehead atoms. The molecule has 5 N–H and O–H groups in total. The number of nitrogens with one attached hydrogen (secondary N) is 4. The van der Waals surface area contributed by atoms with Crippen molar-refractivity contribution in [3.05, 3.63) is 180 Å². The van der Waals surface area contributed by atoms with Crippen molar-refractivity contribution < 1.29 is 33.8 Å². The second-order valence-electron chi connectivity index (χ2n) is 15.2. The van der Waals surface area contributed by atoms with Crippen LogP contribution < -0.4 is 26.0 Å². The lowest BCUT2D eigenvalue weighted by atomic mass is 9.98. The number of hydrogen-bond donors (Lipinski definition) is 5. The molecule has 62 heavy (non-hydrogen) atoms. The Kier molecular flexibility index (Phi) is 14.1. The minimum Gasteiger partial charge on any atom is -0.484 e. The average Bonchev–Trinajstić information content (AvgIpc) is 3.30. The molecular formula is C50H47N5O7. The number of carbonyl (C=O) groups excluding carboxylic acids is 4. The maximum Gasteiger partial charge on any atom is 0.326 e. The molecule has 12 nitrogen and oxygen atoms in total. The number of fused-ring (bicyclic) bond motifs is 16. The number of benzene rings is 5. The molecule has 4 atom stereocenters. The van der Waals surface area contributed by atoms with Gasteiger partial charge < -0.3 is 31.1 Å². The van der Waals surface area contributed by atoms with Crippen molar-refractivity contribution in [3.63, 3.8) is 0 Å². The van der Waals surface area contributed by atoms with Gasteiger partial charge in [0, 0.05) is 31.0 Å². The van der Waals surface area contributed by atoms with Crippen LogP contribution in [0.4, 0.5) is 0 Å². The van der Waals surface area contributed by atoms with Crippen LogP contribution in [0.3, 0.4) is 0 Å². The van der Waals surface area contributed by atoms with Gasteiger partial charge in [-0.1, -0.05) is 127 Å². The van der Waals surface area contributed by atoms with Crippen LogP contribution in [0.2, 0.25) is 0 Å². The molecule has 0 saturated carbocycles. The molecule has 0 fully saturated rings. The summed E-state index contributed by atoms with van der Waals surface area (Å²) in [6.45, 7) is -0.420. The van der Waals surface area contributed by atoms with Crippen LogP contribution in [0.5, 0.6) is 5.75 Å². The van der Waals surface area contributed by atoms with Gasteiger partial charge in [-0.15, -0.1) is 0 Å². The fourth-order valence-corrected chi connectivity index (χ4v) is 7.28. The van der Waals surface area contributed by atoms with Gasteiger partial charge in [-0.2, -0.15) is 0 Å². The number of ether oxygens (including phenoxy) is 1. The molecule has 314 valence electrons. The fourth-order valence-electron chi connectivity index (χ4n) is 7.28. The molecule has 3 heterocycles. The maximum absolute atomic E-state index is 14.5. The summed E-state index contributed by atoms with van der Waals surface area (Å²) in [6.07, 6.45) is 2.30. The zero-order valence-corrected chi connectivity index (χ0v) is 33.9. The third-order valence-corrected chi connectivity index (χ3v) is 10.7. The summed E-state index contributed by atoms with van der Waals surface area (Å²) >= 11 is 0. The van der Waals surface area contributed by atoms with Gasteiger partial charge in [-0.3, -0.25) is 24.2 Å². The number of pyridine rings is 1. The van der Waals surface area contributed by atoms with E-state index < -0.39 is 60.4 Å². The molecule has 5 aromatic carbocycles. The number of rotatable bonds is 10. The predicted molar refractivity (Wildman–Crippen MR) is 235 cm³/mol. The first-order chi connectivity index (χ1) is 30.2. The number of carboxylic acid groups (broad SMARTS) is 1. The third kappa shape index (κ3) is 11.8. The zero-order chi connectivity index (χ0) is 43.3. The van der Waals surface area contributed by atoms with Crippen molar-refractivity contribution in [2.75, 3.05) is 6.61 Å². The second kappa shape index (κ2) is 20.6. The molecule has 8 rings (SSSR count). The van der Waals surface area contributed by atoms with E-state index in [1.807, 2.05) is 127 Å². The largest absolute Gasteiger partial charge is 0.484 e. The van der Waals surface area contributed by atoms with Crippen LogP contribution in [0.15, 0.2) is 158 Å². The Labute approximate surface area is 359 Å². The summed E-state index contributed by atoms with van der Waals surface area (Å²) in [5.74, 6) is -3.46. The molecule has 0 aliphatic carbocycles. The zero-order valence-electron chi connectivity index (χ0n) is 33.9. The van der Waals surface area contributed by atoms with E-state index in [2.05, 4.69) is 26.3 Å². The van der Waals surface area contributed by atoms with Gasteiger partial charge in [0.15, 0.2) is 6.61 Å². The van der Waals surface area contributed by atoms with E-state index in [1.54, 1.807) is 30.5 Å². The molecule has 2 aliphatic heterocycles. The van der Waals surface area contributed by atoms with Gasteiger partial charge in [-0.05, 0) is 70.5 Å². The number of hydrogen-bond acceptors (Lipinski definition) is 7. The minimum absolute atomic E-state index is 0.0357. The number of carboxylic acids is 1. The van der Waals surface area contributed by atoms with Gasteiger partial charge in [0.25, 0.3) is 5.91 Å². The maximum atomic E-state index is 14.5. The average molecular weight is 830 g/mol. The summed E-state index contributed by atoms with van der Waals surface area (Å²) in [6, 6.07) is 41.6. The molecule has 0 radical (unpaired) electrons. The first kappa shape index (κ1) is 42.5. The number of aromatic nitrogens is 1. The van der Waals surface area contributed by atoms with E-state index in [0.717, 1.165) is 39.1 Å². The highest BCUT2D eigenvalue weighted by Gasteiger charge is 2.32. The molecule has 0 saturated heterocycles.